The van der Waals surface area contributed by atoms with Crippen LogP contribution in [-0.4, -0.2) is 16.4 Å². The van der Waals surface area contributed by atoms with Crippen molar-refractivity contribution in [1.29, 1.82) is 0 Å². The molecule has 11 heavy (non-hydrogen) atoms. The molecule has 0 bridgehead atoms. The first-order chi connectivity index (χ1) is 4.76. The smallest absolute Gasteiger partial charge is 0.170 e. The molecule has 0 aromatic rings. The SMILES string of the molecule is CC(Cl)C(C)C(Br)C(F)(F)F. The van der Waals surface area contributed by atoms with E-state index in [1.54, 1.807) is 6.92 Å². The fourth-order valence-electron chi connectivity index (χ4n) is 0.531. The lowest BCUT2D eigenvalue weighted by molar-refractivity contribution is -0.135. The van der Waals surface area contributed by atoms with Crippen molar-refractivity contribution in [2.24, 2.45) is 5.92 Å². The summed E-state index contributed by atoms with van der Waals surface area (Å²) >= 11 is 8.05. The molecule has 0 N–H and O–H groups in total. The van der Waals surface area contributed by atoms with Crippen molar-refractivity contribution >= 4 is 27.5 Å². The second-order valence-corrected chi connectivity index (χ2v) is 4.15. The van der Waals surface area contributed by atoms with Gasteiger partial charge in [-0.05, 0) is 12.8 Å². The number of rotatable bonds is 2. The normalized spacial score (nSPS) is 21.0. The van der Waals surface area contributed by atoms with E-state index in [0.717, 1.165) is 0 Å². The van der Waals surface area contributed by atoms with Crippen molar-refractivity contribution in [1.82, 2.24) is 0 Å². The first-order valence-corrected chi connectivity index (χ1v) is 4.47. The number of hydrogen-bond donors (Lipinski definition) is 0. The summed E-state index contributed by atoms with van der Waals surface area (Å²) in [5.41, 5.74) is 0. The van der Waals surface area contributed by atoms with Crippen LogP contribution < -0.4 is 0 Å². The van der Waals surface area contributed by atoms with E-state index in [-0.39, 0.29) is 0 Å². The molecule has 0 aliphatic rings. The average molecular weight is 253 g/mol. The van der Waals surface area contributed by atoms with Gasteiger partial charge in [0.15, 0.2) is 0 Å². The molecule has 0 radical (unpaired) electrons. The number of halogens is 5. The van der Waals surface area contributed by atoms with Crippen LogP contribution in [0.5, 0.6) is 0 Å². The summed E-state index contributed by atoms with van der Waals surface area (Å²) in [6.45, 7) is 3.01. The Morgan fingerprint density at radius 2 is 1.64 bits per heavy atom. The molecule has 0 spiro atoms. The second kappa shape index (κ2) is 3.99. The molecule has 0 aromatic heterocycles. The summed E-state index contributed by atoms with van der Waals surface area (Å²) in [5.74, 6) is -0.614. The fourth-order valence-corrected chi connectivity index (χ4v) is 1.31. The molecular formula is C6H9BrClF3. The van der Waals surface area contributed by atoms with E-state index in [1.807, 2.05) is 0 Å². The van der Waals surface area contributed by atoms with Gasteiger partial charge in [-0.1, -0.05) is 22.9 Å². The van der Waals surface area contributed by atoms with Crippen molar-refractivity contribution in [3.8, 4) is 0 Å². The zero-order valence-corrected chi connectivity index (χ0v) is 8.46. The monoisotopic (exact) mass is 252 g/mol. The summed E-state index contributed by atoms with van der Waals surface area (Å²) in [6.07, 6.45) is -4.21. The second-order valence-electron chi connectivity index (χ2n) is 2.48. The van der Waals surface area contributed by atoms with Crippen LogP contribution in [0.1, 0.15) is 13.8 Å². The molecule has 0 heterocycles. The predicted molar refractivity (Wildman–Crippen MR) is 43.2 cm³/mol. The van der Waals surface area contributed by atoms with Crippen LogP contribution in [0, 0.1) is 5.92 Å². The Labute approximate surface area is 77.2 Å². The van der Waals surface area contributed by atoms with E-state index in [1.165, 1.54) is 6.92 Å². The Morgan fingerprint density at radius 1 is 1.27 bits per heavy atom. The average Bonchev–Trinajstić information content (AvgIpc) is 1.82. The highest BCUT2D eigenvalue weighted by atomic mass is 79.9. The van der Waals surface area contributed by atoms with Gasteiger partial charge in [-0.2, -0.15) is 13.2 Å². The molecule has 0 fully saturated rings. The Bertz CT molecular complexity index is 123. The van der Waals surface area contributed by atoms with Crippen LogP contribution >= 0.6 is 27.5 Å². The molecule has 0 aliphatic carbocycles. The van der Waals surface area contributed by atoms with E-state index in [2.05, 4.69) is 15.9 Å². The van der Waals surface area contributed by atoms with Gasteiger partial charge in [0.1, 0.15) is 4.83 Å². The minimum Gasteiger partial charge on any atom is -0.170 e. The van der Waals surface area contributed by atoms with Crippen molar-refractivity contribution in [2.45, 2.75) is 30.2 Å². The Morgan fingerprint density at radius 3 is 1.73 bits per heavy atom. The third kappa shape index (κ3) is 3.65. The minimum absolute atomic E-state index is 0.485. The third-order valence-electron chi connectivity index (χ3n) is 1.50. The zero-order valence-electron chi connectivity index (χ0n) is 6.12. The highest BCUT2D eigenvalue weighted by Gasteiger charge is 2.42. The van der Waals surface area contributed by atoms with E-state index in [9.17, 15) is 13.2 Å². The molecular weight excluding hydrogens is 244 g/mol. The predicted octanol–water partition coefficient (Wildman–Crippen LogP) is 3.58. The topological polar surface area (TPSA) is 0 Å². The van der Waals surface area contributed by atoms with Crippen molar-refractivity contribution < 1.29 is 13.2 Å². The standard InChI is InChI=1S/C6H9BrClF3/c1-3(4(2)8)5(7)6(9,10)11/h3-5H,1-2H3. The molecule has 0 aromatic carbocycles. The molecule has 0 amide bonds. The van der Waals surface area contributed by atoms with Gasteiger partial charge in [0.2, 0.25) is 0 Å². The lowest BCUT2D eigenvalue weighted by Crippen LogP contribution is -2.32. The Balaban J connectivity index is 4.13. The molecule has 0 saturated carbocycles. The fraction of sp³-hybridized carbons (Fsp3) is 1.00. The molecule has 0 saturated heterocycles. The van der Waals surface area contributed by atoms with E-state index >= 15 is 0 Å². The Hall–Kier alpha value is 0.560. The van der Waals surface area contributed by atoms with Crippen LogP contribution in [0.3, 0.4) is 0 Å². The Kier molecular flexibility index (Phi) is 4.19. The van der Waals surface area contributed by atoms with Crippen molar-refractivity contribution in [3.63, 3.8) is 0 Å². The lowest BCUT2D eigenvalue weighted by Gasteiger charge is -2.22. The van der Waals surface area contributed by atoms with Gasteiger partial charge in [-0.25, -0.2) is 0 Å². The van der Waals surface area contributed by atoms with Gasteiger partial charge in [0.25, 0.3) is 0 Å². The number of hydrogen-bond acceptors (Lipinski definition) is 0. The van der Waals surface area contributed by atoms with E-state index in [4.69, 9.17) is 11.6 Å². The zero-order chi connectivity index (χ0) is 9.23. The van der Waals surface area contributed by atoms with Crippen LogP contribution in [0.15, 0.2) is 0 Å². The van der Waals surface area contributed by atoms with Crippen LogP contribution in [-0.2, 0) is 0 Å². The number of alkyl halides is 5. The molecule has 3 unspecified atom stereocenters. The molecule has 5 heteroatoms. The molecule has 0 nitrogen and oxygen atoms in total. The van der Waals surface area contributed by atoms with Gasteiger partial charge in [-0.3, -0.25) is 0 Å². The van der Waals surface area contributed by atoms with Crippen LogP contribution in [0.2, 0.25) is 0 Å². The largest absolute Gasteiger partial charge is 0.401 e. The minimum atomic E-state index is -4.21. The van der Waals surface area contributed by atoms with Gasteiger partial charge in [0, 0.05) is 5.38 Å². The summed E-state index contributed by atoms with van der Waals surface area (Å²) in [4.78, 5) is -1.51. The molecule has 0 rings (SSSR count). The van der Waals surface area contributed by atoms with Gasteiger partial charge in [0.05, 0.1) is 0 Å². The summed E-state index contributed by atoms with van der Waals surface area (Å²) in [5, 5.41) is -0.485. The van der Waals surface area contributed by atoms with E-state index in [0.29, 0.717) is 0 Å². The molecule has 68 valence electrons. The van der Waals surface area contributed by atoms with Crippen LogP contribution in [0.4, 0.5) is 13.2 Å². The summed E-state index contributed by atoms with van der Waals surface area (Å²) in [6, 6.07) is 0. The molecule has 0 aliphatic heterocycles. The van der Waals surface area contributed by atoms with Crippen molar-refractivity contribution in [2.75, 3.05) is 0 Å². The van der Waals surface area contributed by atoms with Crippen molar-refractivity contribution in [3.05, 3.63) is 0 Å². The maximum Gasteiger partial charge on any atom is 0.401 e. The maximum absolute atomic E-state index is 12.0. The first kappa shape index (κ1) is 11.6. The highest BCUT2D eigenvalue weighted by Crippen LogP contribution is 2.34. The van der Waals surface area contributed by atoms with Gasteiger partial charge >= 0.3 is 6.18 Å². The third-order valence-corrected chi connectivity index (χ3v) is 3.25. The lowest BCUT2D eigenvalue weighted by atomic mass is 10.0. The first-order valence-electron chi connectivity index (χ1n) is 3.11. The summed E-state index contributed by atoms with van der Waals surface area (Å²) in [7, 11) is 0. The van der Waals surface area contributed by atoms with Gasteiger partial charge in [-0.15, -0.1) is 11.6 Å². The quantitative estimate of drug-likeness (QED) is 0.660. The van der Waals surface area contributed by atoms with E-state index < -0.39 is 22.3 Å². The van der Waals surface area contributed by atoms with Gasteiger partial charge < -0.3 is 0 Å². The van der Waals surface area contributed by atoms with Crippen LogP contribution in [0.25, 0.3) is 0 Å². The highest BCUT2D eigenvalue weighted by molar-refractivity contribution is 9.09. The maximum atomic E-state index is 12.0. The summed E-state index contributed by atoms with van der Waals surface area (Å²) < 4.78 is 35.9. The molecule has 3 atom stereocenters.